The van der Waals surface area contributed by atoms with Crippen molar-refractivity contribution in [1.29, 1.82) is 0 Å². The van der Waals surface area contributed by atoms with Gasteiger partial charge in [0, 0.05) is 43.3 Å². The van der Waals surface area contributed by atoms with E-state index in [9.17, 15) is 4.79 Å². The molecular formula is C22H22ClN3OS. The van der Waals surface area contributed by atoms with E-state index in [0.717, 1.165) is 53.9 Å². The minimum Gasteiger partial charge on any atom is -0.335 e. The number of benzene rings is 2. The van der Waals surface area contributed by atoms with E-state index in [4.69, 9.17) is 11.6 Å². The predicted octanol–water partition coefficient (Wildman–Crippen LogP) is 4.73. The fraction of sp³-hybridized carbons (Fsp3) is 0.273. The Labute approximate surface area is 174 Å². The van der Waals surface area contributed by atoms with Crippen molar-refractivity contribution in [2.45, 2.75) is 13.5 Å². The van der Waals surface area contributed by atoms with E-state index in [0.29, 0.717) is 5.02 Å². The monoisotopic (exact) mass is 411 g/mol. The van der Waals surface area contributed by atoms with Crippen LogP contribution in [0, 0.1) is 6.92 Å². The predicted molar refractivity (Wildman–Crippen MR) is 115 cm³/mol. The number of aryl methyl sites for hydroxylation is 1. The molecule has 28 heavy (non-hydrogen) atoms. The van der Waals surface area contributed by atoms with Crippen molar-refractivity contribution in [2.75, 3.05) is 26.2 Å². The van der Waals surface area contributed by atoms with Crippen LogP contribution in [0.3, 0.4) is 0 Å². The highest BCUT2D eigenvalue weighted by Gasteiger charge is 2.25. The van der Waals surface area contributed by atoms with Crippen molar-refractivity contribution in [3.8, 4) is 10.6 Å². The molecule has 0 spiro atoms. The highest BCUT2D eigenvalue weighted by atomic mass is 35.5. The molecule has 3 aromatic rings. The van der Waals surface area contributed by atoms with Crippen LogP contribution in [0.2, 0.25) is 5.02 Å². The number of halogens is 1. The van der Waals surface area contributed by atoms with Crippen LogP contribution in [0.25, 0.3) is 10.6 Å². The summed E-state index contributed by atoms with van der Waals surface area (Å²) in [7, 11) is 0. The quantitative estimate of drug-likeness (QED) is 0.622. The summed E-state index contributed by atoms with van der Waals surface area (Å²) in [6.07, 6.45) is 0. The molecule has 0 saturated carbocycles. The zero-order chi connectivity index (χ0) is 19.5. The molecule has 0 radical (unpaired) electrons. The Hall–Kier alpha value is -2.21. The molecule has 144 valence electrons. The van der Waals surface area contributed by atoms with Gasteiger partial charge < -0.3 is 4.90 Å². The number of aromatic nitrogens is 1. The van der Waals surface area contributed by atoms with Gasteiger partial charge in [0.05, 0.1) is 5.69 Å². The number of thiazole rings is 1. The maximum atomic E-state index is 13.0. The fourth-order valence-electron chi connectivity index (χ4n) is 3.41. The molecule has 1 saturated heterocycles. The Morgan fingerprint density at radius 3 is 2.39 bits per heavy atom. The summed E-state index contributed by atoms with van der Waals surface area (Å²) >= 11 is 7.43. The number of carbonyl (C=O) groups excluding carboxylic acids is 1. The molecule has 2 heterocycles. The number of nitrogens with zero attached hydrogens (tertiary/aromatic N) is 3. The number of carbonyl (C=O) groups is 1. The minimum absolute atomic E-state index is 0.0922. The lowest BCUT2D eigenvalue weighted by Gasteiger charge is -2.34. The van der Waals surface area contributed by atoms with E-state index in [1.807, 2.05) is 42.2 Å². The van der Waals surface area contributed by atoms with Gasteiger partial charge in [0.15, 0.2) is 0 Å². The first-order valence-electron chi connectivity index (χ1n) is 9.39. The number of amides is 1. The van der Waals surface area contributed by atoms with Crippen LogP contribution in [0.4, 0.5) is 0 Å². The summed E-state index contributed by atoms with van der Waals surface area (Å²) in [5.41, 5.74) is 3.10. The number of hydrogen-bond donors (Lipinski definition) is 0. The lowest BCUT2D eigenvalue weighted by Crippen LogP contribution is -2.48. The molecule has 6 heteroatoms. The highest BCUT2D eigenvalue weighted by Crippen LogP contribution is 2.30. The second kappa shape index (κ2) is 8.43. The fourth-order valence-corrected chi connectivity index (χ4v) is 4.57. The first kappa shape index (κ1) is 19.1. The maximum Gasteiger partial charge on any atom is 0.265 e. The molecule has 1 aromatic heterocycles. The molecule has 2 aromatic carbocycles. The third-order valence-corrected chi connectivity index (χ3v) is 6.44. The summed E-state index contributed by atoms with van der Waals surface area (Å²) < 4.78 is 0. The lowest BCUT2D eigenvalue weighted by atomic mass is 10.2. The van der Waals surface area contributed by atoms with Gasteiger partial charge in [0.25, 0.3) is 5.91 Å². The SMILES string of the molecule is Cc1nc(-c2ccc(Cl)cc2)sc1C(=O)N1CCN(Cc2ccccc2)CC1. The van der Waals surface area contributed by atoms with Crippen LogP contribution in [-0.2, 0) is 6.54 Å². The van der Waals surface area contributed by atoms with Gasteiger partial charge in [0.1, 0.15) is 9.88 Å². The zero-order valence-corrected chi connectivity index (χ0v) is 17.3. The minimum atomic E-state index is 0.0922. The Morgan fingerprint density at radius 1 is 1.04 bits per heavy atom. The van der Waals surface area contributed by atoms with Crippen LogP contribution < -0.4 is 0 Å². The average Bonchev–Trinajstić information content (AvgIpc) is 3.11. The molecule has 0 aliphatic carbocycles. The van der Waals surface area contributed by atoms with E-state index in [-0.39, 0.29) is 5.91 Å². The summed E-state index contributed by atoms with van der Waals surface area (Å²) in [5.74, 6) is 0.0922. The second-order valence-electron chi connectivity index (χ2n) is 6.99. The van der Waals surface area contributed by atoms with Crippen LogP contribution in [0.15, 0.2) is 54.6 Å². The highest BCUT2D eigenvalue weighted by molar-refractivity contribution is 7.17. The summed E-state index contributed by atoms with van der Waals surface area (Å²) in [5, 5.41) is 1.56. The summed E-state index contributed by atoms with van der Waals surface area (Å²) in [6.45, 7) is 6.13. The van der Waals surface area contributed by atoms with Crippen molar-refractivity contribution < 1.29 is 4.79 Å². The number of hydrogen-bond acceptors (Lipinski definition) is 4. The Balaban J connectivity index is 1.41. The van der Waals surface area contributed by atoms with Gasteiger partial charge in [-0.3, -0.25) is 9.69 Å². The Kier molecular flexibility index (Phi) is 5.76. The van der Waals surface area contributed by atoms with Crippen molar-refractivity contribution in [1.82, 2.24) is 14.8 Å². The summed E-state index contributed by atoms with van der Waals surface area (Å²) in [4.78, 5) is 22.7. The zero-order valence-electron chi connectivity index (χ0n) is 15.8. The van der Waals surface area contributed by atoms with Gasteiger partial charge in [-0.2, -0.15) is 0 Å². The smallest absolute Gasteiger partial charge is 0.265 e. The van der Waals surface area contributed by atoms with Crippen LogP contribution in [0.5, 0.6) is 0 Å². The molecule has 1 aliphatic rings. The van der Waals surface area contributed by atoms with Crippen molar-refractivity contribution in [2.24, 2.45) is 0 Å². The molecular weight excluding hydrogens is 390 g/mol. The van der Waals surface area contributed by atoms with Crippen LogP contribution >= 0.6 is 22.9 Å². The van der Waals surface area contributed by atoms with Gasteiger partial charge >= 0.3 is 0 Å². The molecule has 0 N–H and O–H groups in total. The second-order valence-corrected chi connectivity index (χ2v) is 8.43. The largest absolute Gasteiger partial charge is 0.335 e. The van der Waals surface area contributed by atoms with Crippen LogP contribution in [-0.4, -0.2) is 46.9 Å². The molecule has 1 fully saturated rings. The number of rotatable bonds is 4. The average molecular weight is 412 g/mol. The molecule has 0 unspecified atom stereocenters. The van der Waals surface area contributed by atoms with E-state index >= 15 is 0 Å². The topological polar surface area (TPSA) is 36.4 Å². The van der Waals surface area contributed by atoms with E-state index < -0.39 is 0 Å². The van der Waals surface area contributed by atoms with Gasteiger partial charge in [0.2, 0.25) is 0 Å². The van der Waals surface area contributed by atoms with Gasteiger partial charge in [-0.1, -0.05) is 54.1 Å². The molecule has 4 nitrogen and oxygen atoms in total. The van der Waals surface area contributed by atoms with E-state index in [1.165, 1.54) is 16.9 Å². The van der Waals surface area contributed by atoms with E-state index in [1.54, 1.807) is 0 Å². The first-order chi connectivity index (χ1) is 13.6. The molecule has 1 amide bonds. The van der Waals surface area contributed by atoms with Crippen molar-refractivity contribution in [3.63, 3.8) is 0 Å². The maximum absolute atomic E-state index is 13.0. The molecule has 0 bridgehead atoms. The standard InChI is InChI=1S/C22H22ClN3OS/c1-16-20(28-21(24-16)18-7-9-19(23)10-8-18)22(27)26-13-11-25(12-14-26)15-17-5-3-2-4-6-17/h2-10H,11-15H2,1H3. The number of piperazine rings is 1. The van der Waals surface area contributed by atoms with Crippen molar-refractivity contribution >= 4 is 28.8 Å². The van der Waals surface area contributed by atoms with E-state index in [2.05, 4.69) is 34.1 Å². The molecule has 0 atom stereocenters. The summed E-state index contributed by atoms with van der Waals surface area (Å²) in [6, 6.07) is 18.1. The van der Waals surface area contributed by atoms with Gasteiger partial charge in [-0.05, 0) is 24.6 Å². The molecule has 1 aliphatic heterocycles. The van der Waals surface area contributed by atoms with Gasteiger partial charge in [-0.25, -0.2) is 4.98 Å². The Bertz CT molecular complexity index is 948. The van der Waals surface area contributed by atoms with Crippen molar-refractivity contribution in [3.05, 3.63) is 75.8 Å². The van der Waals surface area contributed by atoms with Gasteiger partial charge in [-0.15, -0.1) is 11.3 Å². The normalized spacial score (nSPS) is 15.0. The van der Waals surface area contributed by atoms with Crippen LogP contribution in [0.1, 0.15) is 20.9 Å². The third kappa shape index (κ3) is 4.27. The first-order valence-corrected chi connectivity index (χ1v) is 10.6. The molecule has 4 rings (SSSR count). The third-order valence-electron chi connectivity index (χ3n) is 4.99. The Morgan fingerprint density at radius 2 is 1.71 bits per heavy atom. The lowest BCUT2D eigenvalue weighted by molar-refractivity contribution is 0.0632.